The largest absolute Gasteiger partial charge is 0.376 e. The molecule has 104 valence electrons. The van der Waals surface area contributed by atoms with Crippen molar-refractivity contribution in [1.29, 1.82) is 0 Å². The van der Waals surface area contributed by atoms with Gasteiger partial charge in [0.15, 0.2) is 0 Å². The fourth-order valence-electron chi connectivity index (χ4n) is 1.56. The van der Waals surface area contributed by atoms with Gasteiger partial charge in [0.05, 0.1) is 6.54 Å². The number of likely N-dealkylation sites (N-methyl/N-ethyl adjacent to an activating group) is 1. The minimum atomic E-state index is -0.0391. The van der Waals surface area contributed by atoms with Crippen molar-refractivity contribution in [2.45, 2.75) is 26.7 Å². The number of carbonyl (C=O) groups is 2. The number of carbonyl (C=O) groups excluding carboxylic acids is 2. The monoisotopic (exact) mass is 263 g/mol. The zero-order chi connectivity index (χ0) is 14.1. The van der Waals surface area contributed by atoms with E-state index in [0.717, 1.165) is 17.8 Å². The lowest BCUT2D eigenvalue weighted by Crippen LogP contribution is -2.29. The van der Waals surface area contributed by atoms with E-state index in [9.17, 15) is 9.59 Å². The topological polar surface area (TPSA) is 70.2 Å². The predicted molar refractivity (Wildman–Crippen MR) is 77.2 cm³/mol. The van der Waals surface area contributed by atoms with E-state index in [1.807, 2.05) is 38.1 Å². The average molecular weight is 263 g/mol. The molecule has 5 nitrogen and oxygen atoms in total. The summed E-state index contributed by atoms with van der Waals surface area (Å²) in [6, 6.07) is 7.29. The first-order chi connectivity index (χ1) is 9.15. The van der Waals surface area contributed by atoms with E-state index in [4.69, 9.17) is 0 Å². The van der Waals surface area contributed by atoms with Gasteiger partial charge in [0, 0.05) is 24.3 Å². The number of rotatable bonds is 7. The van der Waals surface area contributed by atoms with Crippen molar-refractivity contribution in [1.82, 2.24) is 5.32 Å². The number of hydrogen-bond donors (Lipinski definition) is 3. The third-order valence-electron chi connectivity index (χ3n) is 2.47. The van der Waals surface area contributed by atoms with E-state index in [1.54, 1.807) is 0 Å². The summed E-state index contributed by atoms with van der Waals surface area (Å²) in [4.78, 5) is 22.7. The molecule has 0 bridgehead atoms. The first kappa shape index (κ1) is 15.0. The van der Waals surface area contributed by atoms with Crippen molar-refractivity contribution in [3.63, 3.8) is 0 Å². The van der Waals surface area contributed by atoms with E-state index in [-0.39, 0.29) is 18.4 Å². The highest BCUT2D eigenvalue weighted by atomic mass is 16.2. The third kappa shape index (κ3) is 5.90. The lowest BCUT2D eigenvalue weighted by Gasteiger charge is -2.08. The van der Waals surface area contributed by atoms with Gasteiger partial charge in [-0.05, 0) is 37.6 Å². The van der Waals surface area contributed by atoms with E-state index in [1.165, 1.54) is 0 Å². The van der Waals surface area contributed by atoms with E-state index in [0.29, 0.717) is 13.0 Å². The average Bonchev–Trinajstić information content (AvgIpc) is 2.38. The van der Waals surface area contributed by atoms with Gasteiger partial charge in [-0.1, -0.05) is 6.92 Å². The van der Waals surface area contributed by atoms with Crippen LogP contribution in [0, 0.1) is 0 Å². The Morgan fingerprint density at radius 2 is 1.63 bits per heavy atom. The summed E-state index contributed by atoms with van der Waals surface area (Å²) in [6.07, 6.45) is 1.36. The van der Waals surface area contributed by atoms with Crippen molar-refractivity contribution in [2.24, 2.45) is 0 Å². The first-order valence-corrected chi connectivity index (χ1v) is 6.56. The summed E-state index contributed by atoms with van der Waals surface area (Å²) in [6.45, 7) is 4.72. The molecule has 1 aromatic rings. The quantitative estimate of drug-likeness (QED) is 0.704. The van der Waals surface area contributed by atoms with Gasteiger partial charge in [-0.3, -0.25) is 9.59 Å². The van der Waals surface area contributed by atoms with Gasteiger partial charge in [0.2, 0.25) is 11.8 Å². The molecule has 0 saturated heterocycles. The standard InChI is InChI=1S/C14H21N3O2/c1-3-5-13(18)17-12-8-6-11(7-9-12)16-10-14(19)15-4-2/h6-9,16H,3-5,10H2,1-2H3,(H,15,19)(H,17,18). The zero-order valence-electron chi connectivity index (χ0n) is 11.5. The minimum Gasteiger partial charge on any atom is -0.376 e. The Bertz CT molecular complexity index is 415. The molecule has 3 N–H and O–H groups in total. The molecule has 0 aliphatic heterocycles. The summed E-state index contributed by atoms with van der Waals surface area (Å²) in [5.74, 6) is -0.0200. The number of hydrogen-bond acceptors (Lipinski definition) is 3. The molecule has 2 amide bonds. The van der Waals surface area contributed by atoms with Crippen molar-refractivity contribution >= 4 is 23.2 Å². The Kier molecular flexibility index (Phi) is 6.43. The van der Waals surface area contributed by atoms with Crippen LogP contribution < -0.4 is 16.0 Å². The normalized spacial score (nSPS) is 9.79. The maximum absolute atomic E-state index is 11.4. The van der Waals surface area contributed by atoms with Gasteiger partial charge in [-0.15, -0.1) is 0 Å². The number of benzene rings is 1. The zero-order valence-corrected chi connectivity index (χ0v) is 11.5. The van der Waals surface area contributed by atoms with Crippen molar-refractivity contribution in [3.8, 4) is 0 Å². The molecule has 0 aliphatic rings. The molecule has 1 aromatic carbocycles. The summed E-state index contributed by atoms with van der Waals surface area (Å²) in [5, 5.41) is 8.53. The van der Waals surface area contributed by atoms with Crippen LogP contribution in [0.1, 0.15) is 26.7 Å². The summed E-state index contributed by atoms with van der Waals surface area (Å²) >= 11 is 0. The number of anilines is 2. The van der Waals surface area contributed by atoms with Gasteiger partial charge in [0.25, 0.3) is 0 Å². The molecule has 5 heteroatoms. The van der Waals surface area contributed by atoms with Crippen LogP contribution >= 0.6 is 0 Å². The lowest BCUT2D eigenvalue weighted by molar-refractivity contribution is -0.119. The van der Waals surface area contributed by atoms with Crippen LogP contribution in [-0.4, -0.2) is 24.9 Å². The Hall–Kier alpha value is -2.04. The van der Waals surface area contributed by atoms with Crippen LogP contribution in [0.25, 0.3) is 0 Å². The lowest BCUT2D eigenvalue weighted by atomic mass is 10.2. The Morgan fingerprint density at radius 3 is 2.21 bits per heavy atom. The highest BCUT2D eigenvalue weighted by Gasteiger charge is 2.02. The van der Waals surface area contributed by atoms with Crippen LogP contribution in [0.5, 0.6) is 0 Å². The fraction of sp³-hybridized carbons (Fsp3) is 0.429. The van der Waals surface area contributed by atoms with Gasteiger partial charge >= 0.3 is 0 Å². The second-order valence-corrected chi connectivity index (χ2v) is 4.18. The van der Waals surface area contributed by atoms with Crippen LogP contribution in [0.3, 0.4) is 0 Å². The molecule has 19 heavy (non-hydrogen) atoms. The SMILES string of the molecule is CCCC(=O)Nc1ccc(NCC(=O)NCC)cc1. The van der Waals surface area contributed by atoms with Crippen LogP contribution in [0.4, 0.5) is 11.4 Å². The van der Waals surface area contributed by atoms with Gasteiger partial charge in [-0.25, -0.2) is 0 Å². The molecule has 1 rings (SSSR count). The predicted octanol–water partition coefficient (Wildman–Crippen LogP) is 1.97. The maximum Gasteiger partial charge on any atom is 0.239 e. The smallest absolute Gasteiger partial charge is 0.239 e. The summed E-state index contributed by atoms with van der Waals surface area (Å²) in [7, 11) is 0. The molecular formula is C14H21N3O2. The van der Waals surface area contributed by atoms with Crippen LogP contribution in [-0.2, 0) is 9.59 Å². The van der Waals surface area contributed by atoms with E-state index in [2.05, 4.69) is 16.0 Å². The molecule has 0 aliphatic carbocycles. The molecule has 0 spiro atoms. The molecule has 0 aromatic heterocycles. The molecule has 0 heterocycles. The molecule has 0 atom stereocenters. The summed E-state index contributed by atoms with van der Waals surface area (Å²) in [5.41, 5.74) is 1.61. The minimum absolute atomic E-state index is 0.0190. The highest BCUT2D eigenvalue weighted by Crippen LogP contribution is 2.13. The highest BCUT2D eigenvalue weighted by molar-refractivity contribution is 5.90. The second-order valence-electron chi connectivity index (χ2n) is 4.18. The van der Waals surface area contributed by atoms with Crippen LogP contribution in [0.2, 0.25) is 0 Å². The van der Waals surface area contributed by atoms with E-state index >= 15 is 0 Å². The van der Waals surface area contributed by atoms with Crippen molar-refractivity contribution in [2.75, 3.05) is 23.7 Å². The molecule has 0 radical (unpaired) electrons. The number of amides is 2. The van der Waals surface area contributed by atoms with Gasteiger partial charge in [-0.2, -0.15) is 0 Å². The van der Waals surface area contributed by atoms with Gasteiger partial charge in [0.1, 0.15) is 0 Å². The second kappa shape index (κ2) is 8.13. The van der Waals surface area contributed by atoms with Crippen molar-refractivity contribution in [3.05, 3.63) is 24.3 Å². The first-order valence-electron chi connectivity index (χ1n) is 6.56. The maximum atomic E-state index is 11.4. The Balaban J connectivity index is 2.43. The third-order valence-corrected chi connectivity index (χ3v) is 2.47. The molecular weight excluding hydrogens is 242 g/mol. The molecule has 0 unspecified atom stereocenters. The Morgan fingerprint density at radius 1 is 1.00 bits per heavy atom. The van der Waals surface area contributed by atoms with Gasteiger partial charge < -0.3 is 16.0 Å². The molecule has 0 saturated carbocycles. The molecule has 0 fully saturated rings. The number of nitrogens with one attached hydrogen (secondary N) is 3. The summed E-state index contributed by atoms with van der Waals surface area (Å²) < 4.78 is 0. The fourth-order valence-corrected chi connectivity index (χ4v) is 1.56. The van der Waals surface area contributed by atoms with Crippen molar-refractivity contribution < 1.29 is 9.59 Å². The Labute approximate surface area is 113 Å². The van der Waals surface area contributed by atoms with E-state index < -0.39 is 0 Å². The van der Waals surface area contributed by atoms with Crippen LogP contribution in [0.15, 0.2) is 24.3 Å².